The lowest BCUT2D eigenvalue weighted by Crippen LogP contribution is -2.05. The molecule has 1 aromatic rings. The average molecular weight is 210 g/mol. The minimum atomic E-state index is 0.325. The van der Waals surface area contributed by atoms with Crippen LogP contribution in [0.25, 0.3) is 0 Å². The number of thiophene rings is 1. The van der Waals surface area contributed by atoms with Crippen LogP contribution < -0.4 is 0 Å². The maximum absolute atomic E-state index is 11.9. The largest absolute Gasteiger partial charge is 0.293 e. The molecular weight excluding hydrogens is 192 g/mol. The summed E-state index contributed by atoms with van der Waals surface area (Å²) in [5, 5.41) is 2.02. The van der Waals surface area contributed by atoms with Gasteiger partial charge >= 0.3 is 0 Å². The van der Waals surface area contributed by atoms with E-state index in [1.807, 2.05) is 5.38 Å². The van der Waals surface area contributed by atoms with Crippen molar-refractivity contribution in [3.63, 3.8) is 0 Å². The van der Waals surface area contributed by atoms with Gasteiger partial charge in [0.15, 0.2) is 5.78 Å². The summed E-state index contributed by atoms with van der Waals surface area (Å²) in [7, 11) is 0. The maximum atomic E-state index is 11.9. The smallest absolute Gasteiger partial charge is 0.173 e. The van der Waals surface area contributed by atoms with Crippen LogP contribution in [-0.2, 0) is 6.42 Å². The van der Waals surface area contributed by atoms with Gasteiger partial charge in [0.05, 0.1) is 4.88 Å². The van der Waals surface area contributed by atoms with Crippen LogP contribution in [0.5, 0.6) is 0 Å². The van der Waals surface area contributed by atoms with Gasteiger partial charge in [-0.2, -0.15) is 0 Å². The predicted octanol–water partition coefficient (Wildman–Crippen LogP) is 3.93. The zero-order valence-corrected chi connectivity index (χ0v) is 9.99. The molecule has 2 heteroatoms. The molecule has 0 amide bonds. The predicted molar refractivity (Wildman–Crippen MR) is 62.1 cm³/mol. The number of carbonyl (C=O) groups is 1. The van der Waals surface area contributed by atoms with Crippen molar-refractivity contribution in [3.05, 3.63) is 21.9 Å². The molecule has 0 saturated carbocycles. The van der Waals surface area contributed by atoms with Gasteiger partial charge < -0.3 is 0 Å². The fraction of sp³-hybridized carbons (Fsp3) is 0.583. The van der Waals surface area contributed by atoms with Crippen LogP contribution in [0.15, 0.2) is 11.4 Å². The highest BCUT2D eigenvalue weighted by Crippen LogP contribution is 2.21. The van der Waals surface area contributed by atoms with E-state index in [4.69, 9.17) is 0 Å². The standard InChI is InChI=1S/C12H18OS/c1-4-9(3)8-11(13)12-10(5-2)6-7-14-12/h6-7,9H,4-5,8H2,1-3H3. The van der Waals surface area contributed by atoms with Crippen LogP contribution in [0.2, 0.25) is 0 Å². The first-order valence-corrected chi connectivity index (χ1v) is 6.16. The van der Waals surface area contributed by atoms with Crippen molar-refractivity contribution < 1.29 is 4.79 Å². The van der Waals surface area contributed by atoms with E-state index in [0.29, 0.717) is 18.1 Å². The van der Waals surface area contributed by atoms with Crippen LogP contribution in [0.1, 0.15) is 48.8 Å². The molecule has 0 fully saturated rings. The summed E-state index contributed by atoms with van der Waals surface area (Å²) in [6.45, 7) is 6.37. The summed E-state index contributed by atoms with van der Waals surface area (Å²) in [5.41, 5.74) is 1.21. The van der Waals surface area contributed by atoms with Crippen molar-refractivity contribution >= 4 is 17.1 Å². The molecule has 0 radical (unpaired) electrons. The second-order valence-corrected chi connectivity index (χ2v) is 4.69. The molecule has 1 heterocycles. The molecule has 0 N–H and O–H groups in total. The topological polar surface area (TPSA) is 17.1 Å². The first-order valence-electron chi connectivity index (χ1n) is 5.28. The molecule has 1 nitrogen and oxygen atoms in total. The molecule has 78 valence electrons. The molecule has 1 atom stereocenters. The van der Waals surface area contributed by atoms with E-state index in [1.54, 1.807) is 11.3 Å². The van der Waals surface area contributed by atoms with E-state index in [9.17, 15) is 4.79 Å². The van der Waals surface area contributed by atoms with Crippen LogP contribution in [-0.4, -0.2) is 5.78 Å². The number of Topliss-reactive ketones (excluding diaryl/α,β-unsaturated/α-hetero) is 1. The molecule has 0 bridgehead atoms. The third kappa shape index (κ3) is 2.68. The summed E-state index contributed by atoms with van der Waals surface area (Å²) in [4.78, 5) is 12.8. The van der Waals surface area contributed by atoms with Gasteiger partial charge in [0, 0.05) is 6.42 Å². The molecular formula is C12H18OS. The second kappa shape index (κ2) is 5.30. The third-order valence-electron chi connectivity index (χ3n) is 2.61. The van der Waals surface area contributed by atoms with E-state index in [-0.39, 0.29) is 0 Å². The zero-order chi connectivity index (χ0) is 10.6. The summed E-state index contributed by atoms with van der Waals surface area (Å²) in [6, 6.07) is 2.06. The summed E-state index contributed by atoms with van der Waals surface area (Å²) in [6.07, 6.45) is 2.74. The zero-order valence-electron chi connectivity index (χ0n) is 9.17. The van der Waals surface area contributed by atoms with E-state index in [0.717, 1.165) is 17.7 Å². The number of hydrogen-bond donors (Lipinski definition) is 0. The SMILES string of the molecule is CCc1ccsc1C(=O)CC(C)CC. The van der Waals surface area contributed by atoms with E-state index < -0.39 is 0 Å². The van der Waals surface area contributed by atoms with Crippen LogP contribution in [0, 0.1) is 5.92 Å². The Balaban J connectivity index is 2.69. The van der Waals surface area contributed by atoms with Gasteiger partial charge in [0.2, 0.25) is 0 Å². The fourth-order valence-electron chi connectivity index (χ4n) is 1.41. The Hall–Kier alpha value is -0.630. The summed E-state index contributed by atoms with van der Waals surface area (Å²) in [5.74, 6) is 0.834. The Morgan fingerprint density at radius 1 is 1.50 bits per heavy atom. The van der Waals surface area contributed by atoms with Crippen LogP contribution >= 0.6 is 11.3 Å². The van der Waals surface area contributed by atoms with E-state index in [2.05, 4.69) is 26.8 Å². The molecule has 1 unspecified atom stereocenters. The van der Waals surface area contributed by atoms with Gasteiger partial charge in [0.25, 0.3) is 0 Å². The Kier molecular flexibility index (Phi) is 4.33. The minimum Gasteiger partial charge on any atom is -0.293 e. The molecule has 0 aliphatic rings. The highest BCUT2D eigenvalue weighted by molar-refractivity contribution is 7.12. The monoisotopic (exact) mass is 210 g/mol. The number of rotatable bonds is 5. The highest BCUT2D eigenvalue weighted by Gasteiger charge is 2.14. The van der Waals surface area contributed by atoms with Crippen molar-refractivity contribution in [2.75, 3.05) is 0 Å². The van der Waals surface area contributed by atoms with E-state index in [1.165, 1.54) is 5.56 Å². The van der Waals surface area contributed by atoms with Gasteiger partial charge in [-0.1, -0.05) is 27.2 Å². The quantitative estimate of drug-likeness (QED) is 0.673. The fourth-order valence-corrected chi connectivity index (χ4v) is 2.36. The Morgan fingerprint density at radius 3 is 2.79 bits per heavy atom. The van der Waals surface area contributed by atoms with Gasteiger partial charge in [0.1, 0.15) is 0 Å². The molecule has 0 saturated heterocycles. The number of aryl methyl sites for hydroxylation is 1. The molecule has 14 heavy (non-hydrogen) atoms. The highest BCUT2D eigenvalue weighted by atomic mass is 32.1. The lowest BCUT2D eigenvalue weighted by atomic mass is 10.00. The molecule has 0 aliphatic heterocycles. The first-order chi connectivity index (χ1) is 6.69. The Bertz CT molecular complexity index is 301. The first kappa shape index (κ1) is 11.4. The lowest BCUT2D eigenvalue weighted by Gasteiger charge is -2.06. The molecule has 1 rings (SSSR count). The van der Waals surface area contributed by atoms with Crippen LogP contribution in [0.3, 0.4) is 0 Å². The molecule has 0 spiro atoms. The summed E-state index contributed by atoms with van der Waals surface area (Å²) < 4.78 is 0. The van der Waals surface area contributed by atoms with Crippen molar-refractivity contribution in [2.24, 2.45) is 5.92 Å². The van der Waals surface area contributed by atoms with Gasteiger partial charge in [-0.05, 0) is 29.3 Å². The molecule has 1 aromatic heterocycles. The van der Waals surface area contributed by atoms with Crippen molar-refractivity contribution in [1.29, 1.82) is 0 Å². The van der Waals surface area contributed by atoms with Gasteiger partial charge in [-0.3, -0.25) is 4.79 Å². The Labute approximate surface area is 90.2 Å². The lowest BCUT2D eigenvalue weighted by molar-refractivity contribution is 0.0967. The van der Waals surface area contributed by atoms with Crippen molar-refractivity contribution in [2.45, 2.75) is 40.0 Å². The molecule has 0 aliphatic carbocycles. The number of hydrogen-bond acceptors (Lipinski definition) is 2. The molecule has 0 aromatic carbocycles. The van der Waals surface area contributed by atoms with Gasteiger partial charge in [-0.25, -0.2) is 0 Å². The van der Waals surface area contributed by atoms with Crippen LogP contribution in [0.4, 0.5) is 0 Å². The minimum absolute atomic E-state index is 0.325. The number of ketones is 1. The Morgan fingerprint density at radius 2 is 2.21 bits per heavy atom. The van der Waals surface area contributed by atoms with E-state index >= 15 is 0 Å². The number of carbonyl (C=O) groups excluding carboxylic acids is 1. The van der Waals surface area contributed by atoms with Crippen molar-refractivity contribution in [1.82, 2.24) is 0 Å². The van der Waals surface area contributed by atoms with Gasteiger partial charge in [-0.15, -0.1) is 11.3 Å². The second-order valence-electron chi connectivity index (χ2n) is 3.77. The third-order valence-corrected chi connectivity index (χ3v) is 3.61. The van der Waals surface area contributed by atoms with Crippen molar-refractivity contribution in [3.8, 4) is 0 Å². The summed E-state index contributed by atoms with van der Waals surface area (Å²) >= 11 is 1.59. The normalized spacial score (nSPS) is 12.8. The average Bonchev–Trinajstić information content (AvgIpc) is 2.65. The maximum Gasteiger partial charge on any atom is 0.173 e.